The first kappa shape index (κ1) is 15.7. The standard InChI is InChI=1S/C15H19N5O2/c1-15(2,16)14(22)17-10-13(21)19-11-4-6-12(7-5-11)20-9-3-8-18-20/h3-9H,10,16H2,1-2H3,(H,17,22)(H,19,21). The molecule has 1 aromatic heterocycles. The van der Waals surface area contributed by atoms with Gasteiger partial charge in [0.2, 0.25) is 11.8 Å². The van der Waals surface area contributed by atoms with Crippen molar-refractivity contribution < 1.29 is 9.59 Å². The zero-order valence-electron chi connectivity index (χ0n) is 12.5. The maximum Gasteiger partial charge on any atom is 0.243 e. The number of hydrogen-bond acceptors (Lipinski definition) is 4. The predicted molar refractivity (Wildman–Crippen MR) is 83.5 cm³/mol. The van der Waals surface area contributed by atoms with Crippen LogP contribution in [-0.4, -0.2) is 33.7 Å². The van der Waals surface area contributed by atoms with Crippen molar-refractivity contribution in [3.8, 4) is 5.69 Å². The zero-order valence-corrected chi connectivity index (χ0v) is 12.5. The summed E-state index contributed by atoms with van der Waals surface area (Å²) in [6.45, 7) is 3.03. The van der Waals surface area contributed by atoms with Gasteiger partial charge in [-0.1, -0.05) is 0 Å². The fourth-order valence-electron chi connectivity index (χ4n) is 1.71. The van der Waals surface area contributed by atoms with Gasteiger partial charge in [-0.15, -0.1) is 0 Å². The van der Waals surface area contributed by atoms with E-state index in [2.05, 4.69) is 15.7 Å². The van der Waals surface area contributed by atoms with Gasteiger partial charge in [-0.25, -0.2) is 4.68 Å². The second-order valence-corrected chi connectivity index (χ2v) is 5.45. The highest BCUT2D eigenvalue weighted by molar-refractivity contribution is 5.95. The topological polar surface area (TPSA) is 102 Å². The lowest BCUT2D eigenvalue weighted by atomic mass is 10.1. The van der Waals surface area contributed by atoms with Crippen LogP contribution in [0.3, 0.4) is 0 Å². The fourth-order valence-corrected chi connectivity index (χ4v) is 1.71. The molecule has 0 saturated heterocycles. The Balaban J connectivity index is 1.88. The van der Waals surface area contributed by atoms with Crippen LogP contribution in [0.15, 0.2) is 42.7 Å². The molecule has 4 N–H and O–H groups in total. The number of aromatic nitrogens is 2. The number of carbonyl (C=O) groups excluding carboxylic acids is 2. The van der Waals surface area contributed by atoms with Gasteiger partial charge in [0, 0.05) is 18.1 Å². The number of hydrogen-bond donors (Lipinski definition) is 3. The average molecular weight is 301 g/mol. The van der Waals surface area contributed by atoms with Crippen LogP contribution >= 0.6 is 0 Å². The van der Waals surface area contributed by atoms with Gasteiger partial charge in [0.05, 0.1) is 17.8 Å². The molecule has 0 spiro atoms. The maximum absolute atomic E-state index is 11.8. The van der Waals surface area contributed by atoms with Gasteiger partial charge in [-0.3, -0.25) is 9.59 Å². The van der Waals surface area contributed by atoms with Crippen LogP contribution < -0.4 is 16.4 Å². The molecule has 2 aromatic rings. The Morgan fingerprint density at radius 1 is 1.27 bits per heavy atom. The van der Waals surface area contributed by atoms with Crippen molar-refractivity contribution in [2.75, 3.05) is 11.9 Å². The van der Waals surface area contributed by atoms with Crippen molar-refractivity contribution in [1.82, 2.24) is 15.1 Å². The summed E-state index contributed by atoms with van der Waals surface area (Å²) in [6.07, 6.45) is 3.52. The van der Waals surface area contributed by atoms with E-state index in [0.29, 0.717) is 5.69 Å². The fraction of sp³-hybridized carbons (Fsp3) is 0.267. The zero-order chi connectivity index (χ0) is 16.2. The number of nitrogens with one attached hydrogen (secondary N) is 2. The van der Waals surface area contributed by atoms with Crippen molar-refractivity contribution in [3.05, 3.63) is 42.7 Å². The summed E-state index contributed by atoms with van der Waals surface area (Å²) >= 11 is 0. The first-order valence-electron chi connectivity index (χ1n) is 6.83. The van der Waals surface area contributed by atoms with Gasteiger partial charge in [0.25, 0.3) is 0 Å². The highest BCUT2D eigenvalue weighted by Gasteiger charge is 2.21. The molecule has 0 radical (unpaired) electrons. The van der Waals surface area contributed by atoms with E-state index in [0.717, 1.165) is 5.69 Å². The number of nitrogens with two attached hydrogens (primary N) is 1. The van der Waals surface area contributed by atoms with E-state index in [4.69, 9.17) is 5.73 Å². The van der Waals surface area contributed by atoms with Gasteiger partial charge in [0.15, 0.2) is 0 Å². The van der Waals surface area contributed by atoms with Gasteiger partial charge in [-0.2, -0.15) is 5.10 Å². The number of anilines is 1. The van der Waals surface area contributed by atoms with Crippen LogP contribution in [0.2, 0.25) is 0 Å². The molecule has 0 saturated carbocycles. The van der Waals surface area contributed by atoms with Crippen molar-refractivity contribution in [2.24, 2.45) is 5.73 Å². The summed E-state index contributed by atoms with van der Waals surface area (Å²) in [4.78, 5) is 23.3. The summed E-state index contributed by atoms with van der Waals surface area (Å²) in [6, 6.07) is 9.04. The Bertz CT molecular complexity index is 642. The Morgan fingerprint density at radius 2 is 1.95 bits per heavy atom. The SMILES string of the molecule is CC(C)(N)C(=O)NCC(=O)Nc1ccc(-n2cccn2)cc1. The van der Waals surface area contributed by atoms with E-state index in [-0.39, 0.29) is 18.4 Å². The van der Waals surface area contributed by atoms with Crippen molar-refractivity contribution in [2.45, 2.75) is 19.4 Å². The first-order chi connectivity index (χ1) is 10.4. The second-order valence-electron chi connectivity index (χ2n) is 5.45. The Hall–Kier alpha value is -2.67. The molecule has 7 heteroatoms. The highest BCUT2D eigenvalue weighted by Crippen LogP contribution is 2.12. The number of rotatable bonds is 5. The molecule has 2 rings (SSSR count). The quantitative estimate of drug-likeness (QED) is 0.755. The van der Waals surface area contributed by atoms with Crippen LogP contribution in [0.5, 0.6) is 0 Å². The minimum absolute atomic E-state index is 0.125. The van der Waals surface area contributed by atoms with Crippen molar-refractivity contribution in [1.29, 1.82) is 0 Å². The Labute approximate surface area is 128 Å². The highest BCUT2D eigenvalue weighted by atomic mass is 16.2. The lowest BCUT2D eigenvalue weighted by Crippen LogP contribution is -2.50. The van der Waals surface area contributed by atoms with Gasteiger partial charge in [0.1, 0.15) is 0 Å². The molecule has 0 bridgehead atoms. The molecule has 0 aliphatic carbocycles. The molecule has 1 aromatic carbocycles. The summed E-state index contributed by atoms with van der Waals surface area (Å²) in [5.74, 6) is -0.693. The van der Waals surface area contributed by atoms with E-state index < -0.39 is 5.54 Å². The third-order valence-electron chi connectivity index (χ3n) is 2.91. The molecule has 116 valence electrons. The number of amides is 2. The molecule has 22 heavy (non-hydrogen) atoms. The summed E-state index contributed by atoms with van der Waals surface area (Å²) < 4.78 is 1.72. The molecule has 0 aliphatic heterocycles. The van der Waals surface area contributed by atoms with E-state index in [1.807, 2.05) is 24.4 Å². The van der Waals surface area contributed by atoms with E-state index in [1.54, 1.807) is 36.9 Å². The first-order valence-corrected chi connectivity index (χ1v) is 6.83. The minimum atomic E-state index is -1.01. The summed E-state index contributed by atoms with van der Waals surface area (Å²) in [5.41, 5.74) is 6.15. The molecular weight excluding hydrogens is 282 g/mol. The van der Waals surface area contributed by atoms with Crippen LogP contribution in [0.1, 0.15) is 13.8 Å². The summed E-state index contributed by atoms with van der Waals surface area (Å²) in [5, 5.41) is 9.30. The van der Waals surface area contributed by atoms with Crippen LogP contribution in [0, 0.1) is 0 Å². The molecule has 0 atom stereocenters. The molecule has 1 heterocycles. The lowest BCUT2D eigenvalue weighted by Gasteiger charge is -2.17. The van der Waals surface area contributed by atoms with Gasteiger partial charge >= 0.3 is 0 Å². The van der Waals surface area contributed by atoms with Crippen LogP contribution in [0.25, 0.3) is 5.69 Å². The summed E-state index contributed by atoms with van der Waals surface area (Å²) in [7, 11) is 0. The largest absolute Gasteiger partial charge is 0.345 e. The monoisotopic (exact) mass is 301 g/mol. The van der Waals surface area contributed by atoms with E-state index in [1.165, 1.54) is 0 Å². The minimum Gasteiger partial charge on any atom is -0.345 e. The third kappa shape index (κ3) is 4.16. The number of benzene rings is 1. The lowest BCUT2D eigenvalue weighted by molar-refractivity contribution is -0.127. The van der Waals surface area contributed by atoms with Gasteiger partial charge < -0.3 is 16.4 Å². The van der Waals surface area contributed by atoms with Crippen LogP contribution in [0.4, 0.5) is 5.69 Å². The normalized spacial score (nSPS) is 11.0. The maximum atomic E-state index is 11.8. The average Bonchev–Trinajstić information content (AvgIpc) is 2.98. The Morgan fingerprint density at radius 3 is 2.50 bits per heavy atom. The molecule has 0 aliphatic rings. The van der Waals surface area contributed by atoms with Crippen molar-refractivity contribution in [3.63, 3.8) is 0 Å². The molecule has 7 nitrogen and oxygen atoms in total. The smallest absolute Gasteiger partial charge is 0.243 e. The van der Waals surface area contributed by atoms with E-state index >= 15 is 0 Å². The molecule has 0 unspecified atom stereocenters. The number of carbonyl (C=O) groups is 2. The second kappa shape index (κ2) is 6.40. The number of nitrogens with zero attached hydrogens (tertiary/aromatic N) is 2. The third-order valence-corrected chi connectivity index (χ3v) is 2.91. The molecule has 0 fully saturated rings. The van der Waals surface area contributed by atoms with Crippen LogP contribution in [-0.2, 0) is 9.59 Å². The van der Waals surface area contributed by atoms with E-state index in [9.17, 15) is 9.59 Å². The molecule has 2 amide bonds. The predicted octanol–water partition coefficient (Wildman–Crippen LogP) is 0.664. The van der Waals surface area contributed by atoms with Gasteiger partial charge in [-0.05, 0) is 44.2 Å². The molecular formula is C15H19N5O2. The van der Waals surface area contributed by atoms with Crippen molar-refractivity contribution >= 4 is 17.5 Å². The Kier molecular flexibility index (Phi) is 4.57.